The third-order valence-electron chi connectivity index (χ3n) is 3.52. The van der Waals surface area contributed by atoms with Crippen molar-refractivity contribution >= 4 is 28.9 Å². The molecule has 1 N–H and O–H groups in total. The van der Waals surface area contributed by atoms with Gasteiger partial charge in [0.2, 0.25) is 5.91 Å². The molecule has 1 amide bonds. The van der Waals surface area contributed by atoms with Crippen molar-refractivity contribution in [1.82, 2.24) is 5.32 Å². The van der Waals surface area contributed by atoms with Crippen LogP contribution in [-0.2, 0) is 9.53 Å². The van der Waals surface area contributed by atoms with Gasteiger partial charge >= 0.3 is 0 Å². The molecule has 7 nitrogen and oxygen atoms in total. The molecule has 120 valence electrons. The van der Waals surface area contributed by atoms with Crippen molar-refractivity contribution in [3.05, 3.63) is 32.8 Å². The minimum atomic E-state index is -0.441. The van der Waals surface area contributed by atoms with Gasteiger partial charge in [-0.1, -0.05) is 11.6 Å². The fourth-order valence-electron chi connectivity index (χ4n) is 2.41. The van der Waals surface area contributed by atoms with Crippen molar-refractivity contribution in [3.63, 3.8) is 0 Å². The largest absolute Gasteiger partial charge is 0.373 e. The summed E-state index contributed by atoms with van der Waals surface area (Å²) in [5.74, 6) is -0.107. The molecule has 8 heteroatoms. The molecule has 1 unspecified atom stereocenters. The van der Waals surface area contributed by atoms with Gasteiger partial charge in [-0.15, -0.1) is 0 Å². The fraction of sp³-hybridized carbons (Fsp3) is 0.500. The summed E-state index contributed by atoms with van der Waals surface area (Å²) in [6.07, 6.45) is -0.135. The van der Waals surface area contributed by atoms with Crippen LogP contribution in [0.25, 0.3) is 0 Å². The summed E-state index contributed by atoms with van der Waals surface area (Å²) in [4.78, 5) is 23.5. The van der Waals surface area contributed by atoms with Crippen molar-refractivity contribution < 1.29 is 14.5 Å². The number of ether oxygens (including phenoxy) is 1. The third-order valence-corrected chi connectivity index (χ3v) is 3.82. The monoisotopic (exact) mass is 327 g/mol. The zero-order valence-electron chi connectivity index (χ0n) is 12.5. The number of carbonyl (C=O) groups is 1. The molecule has 1 aromatic rings. The quantitative estimate of drug-likeness (QED) is 0.674. The van der Waals surface area contributed by atoms with Gasteiger partial charge in [0.25, 0.3) is 5.69 Å². The van der Waals surface area contributed by atoms with Crippen LogP contribution in [-0.4, -0.2) is 43.2 Å². The van der Waals surface area contributed by atoms with Crippen LogP contribution < -0.4 is 10.2 Å². The second-order valence-electron chi connectivity index (χ2n) is 5.22. The number of rotatable bonds is 4. The second-order valence-corrected chi connectivity index (χ2v) is 5.63. The number of anilines is 1. The van der Waals surface area contributed by atoms with E-state index in [2.05, 4.69) is 5.32 Å². The SMILES string of the molecule is CC(=O)NCC1CN(c2cc(C)c([N+](=O)[O-])cc2Cl)CCO1. The lowest BCUT2D eigenvalue weighted by molar-refractivity contribution is -0.385. The van der Waals surface area contributed by atoms with Crippen LogP contribution in [0.4, 0.5) is 11.4 Å². The van der Waals surface area contributed by atoms with E-state index in [4.69, 9.17) is 16.3 Å². The second kappa shape index (κ2) is 6.93. The van der Waals surface area contributed by atoms with E-state index in [0.717, 1.165) is 5.69 Å². The normalized spacial score (nSPS) is 18.1. The lowest BCUT2D eigenvalue weighted by atomic mass is 10.1. The van der Waals surface area contributed by atoms with Gasteiger partial charge in [-0.05, 0) is 13.0 Å². The molecule has 22 heavy (non-hydrogen) atoms. The molecule has 0 aliphatic carbocycles. The predicted molar refractivity (Wildman–Crippen MR) is 83.5 cm³/mol. The van der Waals surface area contributed by atoms with Gasteiger partial charge in [0.15, 0.2) is 0 Å². The lowest BCUT2D eigenvalue weighted by Gasteiger charge is -2.35. The topological polar surface area (TPSA) is 84.7 Å². The number of hydrogen-bond donors (Lipinski definition) is 1. The molecule has 1 aliphatic heterocycles. The molecule has 1 aliphatic rings. The van der Waals surface area contributed by atoms with Crippen LogP contribution in [0.5, 0.6) is 0 Å². The summed E-state index contributed by atoms with van der Waals surface area (Å²) in [5, 5.41) is 14.0. The molecule has 0 saturated carbocycles. The zero-order valence-corrected chi connectivity index (χ0v) is 13.2. The van der Waals surface area contributed by atoms with Crippen LogP contribution in [0.3, 0.4) is 0 Å². The van der Waals surface area contributed by atoms with E-state index in [1.165, 1.54) is 13.0 Å². The highest BCUT2D eigenvalue weighted by molar-refractivity contribution is 6.33. The average Bonchev–Trinajstić information content (AvgIpc) is 2.47. The molecule has 0 radical (unpaired) electrons. The van der Waals surface area contributed by atoms with Crippen LogP contribution >= 0.6 is 11.6 Å². The van der Waals surface area contributed by atoms with Gasteiger partial charge in [0, 0.05) is 38.2 Å². The maximum absolute atomic E-state index is 11.0. The Morgan fingerprint density at radius 3 is 2.95 bits per heavy atom. The maximum Gasteiger partial charge on any atom is 0.273 e. The first-order valence-electron chi connectivity index (χ1n) is 6.94. The molecular weight excluding hydrogens is 310 g/mol. The number of aryl methyl sites for hydroxylation is 1. The van der Waals surface area contributed by atoms with E-state index < -0.39 is 4.92 Å². The van der Waals surface area contributed by atoms with Crippen LogP contribution in [0.2, 0.25) is 5.02 Å². The van der Waals surface area contributed by atoms with Crippen molar-refractivity contribution in [2.75, 3.05) is 31.1 Å². The Kier molecular flexibility index (Phi) is 5.20. The van der Waals surface area contributed by atoms with E-state index in [-0.39, 0.29) is 17.7 Å². The summed E-state index contributed by atoms with van der Waals surface area (Å²) in [6, 6.07) is 3.10. The molecule has 0 spiro atoms. The fourth-order valence-corrected chi connectivity index (χ4v) is 2.69. The molecule has 1 saturated heterocycles. The number of nitrogens with zero attached hydrogens (tertiary/aromatic N) is 2. The smallest absolute Gasteiger partial charge is 0.273 e. The highest BCUT2D eigenvalue weighted by Crippen LogP contribution is 2.33. The van der Waals surface area contributed by atoms with Gasteiger partial charge in [-0.25, -0.2) is 0 Å². The van der Waals surface area contributed by atoms with Crippen LogP contribution in [0.15, 0.2) is 12.1 Å². The van der Waals surface area contributed by atoms with Crippen LogP contribution in [0, 0.1) is 17.0 Å². The number of benzene rings is 1. The van der Waals surface area contributed by atoms with Gasteiger partial charge in [-0.2, -0.15) is 0 Å². The van der Waals surface area contributed by atoms with E-state index in [1.807, 2.05) is 4.90 Å². The standard InChI is InChI=1S/C14H18ClN3O4/c1-9-5-14(12(15)6-13(9)18(20)21)17-3-4-22-11(8-17)7-16-10(2)19/h5-6,11H,3-4,7-8H2,1-2H3,(H,16,19). The molecule has 1 atom stereocenters. The molecule has 1 aromatic carbocycles. The molecule has 1 heterocycles. The zero-order chi connectivity index (χ0) is 16.3. The van der Waals surface area contributed by atoms with Crippen molar-refractivity contribution in [2.24, 2.45) is 0 Å². The summed E-state index contributed by atoms with van der Waals surface area (Å²) >= 11 is 6.20. The van der Waals surface area contributed by atoms with Gasteiger partial charge in [0.05, 0.1) is 28.3 Å². The molecule has 0 bridgehead atoms. The molecule has 2 rings (SSSR count). The number of morpholine rings is 1. The number of nitro groups is 1. The highest BCUT2D eigenvalue weighted by Gasteiger charge is 2.24. The van der Waals surface area contributed by atoms with Crippen molar-refractivity contribution in [2.45, 2.75) is 20.0 Å². The number of nitro benzene ring substituents is 1. The van der Waals surface area contributed by atoms with Gasteiger partial charge < -0.3 is 15.0 Å². The minimum Gasteiger partial charge on any atom is -0.373 e. The molecule has 0 aromatic heterocycles. The van der Waals surface area contributed by atoms with Gasteiger partial charge in [0.1, 0.15) is 0 Å². The minimum absolute atomic E-state index is 0.0109. The van der Waals surface area contributed by atoms with Crippen LogP contribution in [0.1, 0.15) is 12.5 Å². The first-order valence-corrected chi connectivity index (χ1v) is 7.32. The molecule has 1 fully saturated rings. The Bertz CT molecular complexity index is 594. The number of amides is 1. The first kappa shape index (κ1) is 16.5. The summed E-state index contributed by atoms with van der Waals surface area (Å²) < 4.78 is 5.60. The first-order chi connectivity index (χ1) is 10.4. The van der Waals surface area contributed by atoms with E-state index >= 15 is 0 Å². The van der Waals surface area contributed by atoms with E-state index in [1.54, 1.807) is 13.0 Å². The molecular formula is C14H18ClN3O4. The summed E-state index contributed by atoms with van der Waals surface area (Å²) in [6.45, 7) is 5.29. The number of halogens is 1. The van der Waals surface area contributed by atoms with E-state index in [0.29, 0.717) is 36.8 Å². The Balaban J connectivity index is 2.15. The number of carbonyl (C=O) groups excluding carboxylic acids is 1. The Morgan fingerprint density at radius 1 is 1.59 bits per heavy atom. The summed E-state index contributed by atoms with van der Waals surface area (Å²) in [5.41, 5.74) is 1.33. The Hall–Kier alpha value is -1.86. The van der Waals surface area contributed by atoms with Gasteiger partial charge in [-0.3, -0.25) is 14.9 Å². The highest BCUT2D eigenvalue weighted by atomic mass is 35.5. The predicted octanol–water partition coefficient (Wildman–Crippen LogP) is 1.90. The Morgan fingerprint density at radius 2 is 2.32 bits per heavy atom. The number of nitrogens with one attached hydrogen (secondary N) is 1. The van der Waals surface area contributed by atoms with Crippen molar-refractivity contribution in [1.29, 1.82) is 0 Å². The van der Waals surface area contributed by atoms with Crippen molar-refractivity contribution in [3.8, 4) is 0 Å². The van der Waals surface area contributed by atoms with E-state index in [9.17, 15) is 14.9 Å². The lowest BCUT2D eigenvalue weighted by Crippen LogP contribution is -2.47. The Labute approximate surface area is 133 Å². The number of hydrogen-bond acceptors (Lipinski definition) is 5. The summed E-state index contributed by atoms with van der Waals surface area (Å²) in [7, 11) is 0. The third kappa shape index (κ3) is 3.86. The average molecular weight is 328 g/mol. The maximum atomic E-state index is 11.0.